The number of allylic oxidation sites excluding steroid dienone is 2. The van der Waals surface area contributed by atoms with Gasteiger partial charge in [-0.1, -0.05) is 123 Å². The second kappa shape index (κ2) is 14.0. The van der Waals surface area contributed by atoms with Gasteiger partial charge >= 0.3 is 0 Å². The highest BCUT2D eigenvalue weighted by Gasteiger charge is 2.41. The van der Waals surface area contributed by atoms with Gasteiger partial charge in [-0.05, 0) is 126 Å². The van der Waals surface area contributed by atoms with E-state index in [9.17, 15) is 0 Å². The van der Waals surface area contributed by atoms with Crippen LogP contribution in [0.2, 0.25) is 0 Å². The zero-order valence-corrected chi connectivity index (χ0v) is 35.0. The molecule has 0 amide bonds. The van der Waals surface area contributed by atoms with Crippen LogP contribution < -0.4 is 9.80 Å². The highest BCUT2D eigenvalue weighted by Crippen LogP contribution is 2.53. The number of benzene rings is 8. The summed E-state index contributed by atoms with van der Waals surface area (Å²) >= 11 is 1.88. The van der Waals surface area contributed by atoms with Gasteiger partial charge in [-0.3, -0.25) is 0 Å². The van der Waals surface area contributed by atoms with Crippen molar-refractivity contribution in [2.24, 2.45) is 0 Å². The van der Waals surface area contributed by atoms with E-state index in [1.54, 1.807) is 0 Å². The molecule has 4 heteroatoms. The van der Waals surface area contributed by atoms with Gasteiger partial charge in [0.15, 0.2) is 0 Å². The van der Waals surface area contributed by atoms with E-state index in [1.165, 1.54) is 81.3 Å². The number of thiophene rings is 1. The van der Waals surface area contributed by atoms with E-state index in [-0.39, 0.29) is 11.5 Å². The molecule has 12 rings (SSSR count). The van der Waals surface area contributed by atoms with Crippen LogP contribution in [0.1, 0.15) is 31.4 Å². The molecule has 10 aromatic rings. The molecular formula is C57H43N3S. The van der Waals surface area contributed by atoms with Gasteiger partial charge in [0.2, 0.25) is 0 Å². The van der Waals surface area contributed by atoms with Crippen LogP contribution in [0, 0.1) is 0 Å². The Labute approximate surface area is 360 Å². The van der Waals surface area contributed by atoms with Gasteiger partial charge in [-0.2, -0.15) is 0 Å². The SMILES string of the molecule is CC1(C)C2=CCC(N(c3ccccc3)c3ccccc3)C=C2c2cc(-n3c4ccc(N(c5ccccc5)c5ccccc5)cc4c4cc5sc6ccccc6c5cc43)ccc21. The summed E-state index contributed by atoms with van der Waals surface area (Å²) in [5.74, 6) is 0. The minimum Gasteiger partial charge on any atom is -0.334 e. The Morgan fingerprint density at radius 2 is 1.11 bits per heavy atom. The lowest BCUT2D eigenvalue weighted by molar-refractivity contribution is 0.648. The molecule has 2 aliphatic carbocycles. The summed E-state index contributed by atoms with van der Waals surface area (Å²) in [5, 5.41) is 5.12. The summed E-state index contributed by atoms with van der Waals surface area (Å²) in [5.41, 5.74) is 14.8. The van der Waals surface area contributed by atoms with Crippen molar-refractivity contribution in [2.75, 3.05) is 9.80 Å². The zero-order valence-electron chi connectivity index (χ0n) is 34.2. The van der Waals surface area contributed by atoms with E-state index in [4.69, 9.17) is 0 Å². The van der Waals surface area contributed by atoms with E-state index in [0.29, 0.717) is 0 Å². The number of para-hydroxylation sites is 4. The number of hydrogen-bond donors (Lipinski definition) is 0. The molecule has 1 atom stereocenters. The highest BCUT2D eigenvalue weighted by atomic mass is 32.1. The topological polar surface area (TPSA) is 11.4 Å². The molecule has 8 aromatic carbocycles. The van der Waals surface area contributed by atoms with Crippen LogP contribution in [-0.4, -0.2) is 10.6 Å². The summed E-state index contributed by atoms with van der Waals surface area (Å²) in [7, 11) is 0. The normalized spacial score (nSPS) is 15.5. The van der Waals surface area contributed by atoms with Gasteiger partial charge in [-0.25, -0.2) is 0 Å². The van der Waals surface area contributed by atoms with Crippen LogP contribution >= 0.6 is 11.3 Å². The largest absolute Gasteiger partial charge is 0.334 e. The quantitative estimate of drug-likeness (QED) is 0.159. The Hall–Kier alpha value is -7.14. The number of rotatable bonds is 7. The smallest absolute Gasteiger partial charge is 0.0566 e. The molecule has 0 fully saturated rings. The Morgan fingerprint density at radius 1 is 0.508 bits per heavy atom. The molecule has 0 saturated heterocycles. The first-order valence-corrected chi connectivity index (χ1v) is 22.1. The number of nitrogens with zero attached hydrogens (tertiary/aromatic N) is 3. The van der Waals surface area contributed by atoms with Crippen molar-refractivity contribution in [1.82, 2.24) is 4.57 Å². The van der Waals surface area contributed by atoms with Crippen LogP contribution in [0.3, 0.4) is 0 Å². The lowest BCUT2D eigenvalue weighted by Crippen LogP contribution is -2.31. The zero-order chi connectivity index (χ0) is 40.7. The fourth-order valence-electron chi connectivity index (χ4n) is 10.2. The third kappa shape index (κ3) is 5.70. The van der Waals surface area contributed by atoms with Crippen LogP contribution in [0.4, 0.5) is 28.4 Å². The van der Waals surface area contributed by atoms with Gasteiger partial charge in [0.1, 0.15) is 0 Å². The maximum Gasteiger partial charge on any atom is 0.0566 e. The van der Waals surface area contributed by atoms with Gasteiger partial charge in [-0.15, -0.1) is 11.3 Å². The third-order valence-corrected chi connectivity index (χ3v) is 14.2. The Kier molecular flexibility index (Phi) is 8.20. The first-order chi connectivity index (χ1) is 30.0. The summed E-state index contributed by atoms with van der Waals surface area (Å²) in [6.45, 7) is 4.80. The van der Waals surface area contributed by atoms with E-state index in [0.717, 1.165) is 23.5 Å². The number of aromatic nitrogens is 1. The lowest BCUT2D eigenvalue weighted by atomic mass is 9.79. The molecule has 2 aliphatic rings. The van der Waals surface area contributed by atoms with Crippen LogP contribution in [0.25, 0.3) is 53.2 Å². The van der Waals surface area contributed by atoms with Crippen LogP contribution in [0.15, 0.2) is 212 Å². The summed E-state index contributed by atoms with van der Waals surface area (Å²) in [6.07, 6.45) is 6.01. The highest BCUT2D eigenvalue weighted by molar-refractivity contribution is 7.25. The van der Waals surface area contributed by atoms with E-state index in [1.807, 2.05) is 11.3 Å². The second-order valence-electron chi connectivity index (χ2n) is 16.9. The van der Waals surface area contributed by atoms with E-state index < -0.39 is 0 Å². The Morgan fingerprint density at radius 3 is 1.79 bits per heavy atom. The molecule has 0 bridgehead atoms. The summed E-state index contributed by atoms with van der Waals surface area (Å²) in [4.78, 5) is 4.87. The maximum absolute atomic E-state index is 2.55. The first-order valence-electron chi connectivity index (χ1n) is 21.3. The van der Waals surface area contributed by atoms with Crippen molar-refractivity contribution >= 4 is 87.3 Å². The van der Waals surface area contributed by atoms with Gasteiger partial charge in [0.05, 0.1) is 17.1 Å². The molecule has 61 heavy (non-hydrogen) atoms. The molecule has 2 heterocycles. The molecule has 0 N–H and O–H groups in total. The van der Waals surface area contributed by atoms with E-state index >= 15 is 0 Å². The van der Waals surface area contributed by atoms with Gasteiger partial charge < -0.3 is 14.4 Å². The first kappa shape index (κ1) is 35.8. The number of anilines is 5. The summed E-state index contributed by atoms with van der Waals surface area (Å²) < 4.78 is 5.15. The average molecular weight is 802 g/mol. The molecule has 0 saturated carbocycles. The molecule has 292 valence electrons. The molecule has 3 nitrogen and oxygen atoms in total. The predicted molar refractivity (Wildman–Crippen MR) is 261 cm³/mol. The fraction of sp³-hybridized carbons (Fsp3) is 0.0877. The van der Waals surface area contributed by atoms with Gasteiger partial charge in [0.25, 0.3) is 0 Å². The fourth-order valence-corrected chi connectivity index (χ4v) is 11.4. The average Bonchev–Trinajstić information content (AvgIpc) is 3.91. The predicted octanol–water partition coefficient (Wildman–Crippen LogP) is 15.8. The maximum atomic E-state index is 2.55. The van der Waals surface area contributed by atoms with Crippen molar-refractivity contribution in [3.05, 3.63) is 223 Å². The minimum atomic E-state index is -0.106. The van der Waals surface area contributed by atoms with Crippen molar-refractivity contribution < 1.29 is 0 Å². The third-order valence-electron chi connectivity index (χ3n) is 13.0. The monoisotopic (exact) mass is 801 g/mol. The Balaban J connectivity index is 1.07. The molecule has 2 aromatic heterocycles. The Bertz CT molecular complexity index is 3280. The molecule has 0 aliphatic heterocycles. The van der Waals surface area contributed by atoms with Crippen LogP contribution in [-0.2, 0) is 5.41 Å². The molecule has 0 radical (unpaired) electrons. The minimum absolute atomic E-state index is 0.106. The molecule has 0 spiro atoms. The van der Waals surface area contributed by atoms with Crippen molar-refractivity contribution in [2.45, 2.75) is 31.7 Å². The molecule has 1 unspecified atom stereocenters. The van der Waals surface area contributed by atoms with Crippen molar-refractivity contribution in [3.8, 4) is 5.69 Å². The van der Waals surface area contributed by atoms with Crippen LogP contribution in [0.5, 0.6) is 0 Å². The molecular weight excluding hydrogens is 759 g/mol. The standard InChI is InChI=1S/C57H43N3S/c1-57(2)51-30-27-42(58(38-17-7-3-8-18-38)39-19-9-4-10-20-39)33-46(51)47-34-44(28-31-52(47)57)60-53-32-29-43(59(40-21-11-5-12-22-40)41-23-13-6-14-24-41)35-48(53)49-37-56-50(36-54(49)60)45-25-15-16-26-55(45)61-56/h3-26,28-37,42H,27H2,1-2H3. The lowest BCUT2D eigenvalue weighted by Gasteiger charge is -2.35. The van der Waals surface area contributed by atoms with Crippen molar-refractivity contribution in [3.63, 3.8) is 0 Å². The number of fused-ring (bicyclic) bond motifs is 9. The van der Waals surface area contributed by atoms with Crippen molar-refractivity contribution in [1.29, 1.82) is 0 Å². The number of hydrogen-bond acceptors (Lipinski definition) is 3. The van der Waals surface area contributed by atoms with E-state index in [2.05, 4.69) is 234 Å². The summed E-state index contributed by atoms with van der Waals surface area (Å²) in [6, 6.07) is 71.3. The van der Waals surface area contributed by atoms with Gasteiger partial charge in [0, 0.05) is 70.5 Å². The second-order valence-corrected chi connectivity index (χ2v) is 18.0.